The zero-order valence-corrected chi connectivity index (χ0v) is 8.44. The van der Waals surface area contributed by atoms with Gasteiger partial charge >= 0.3 is 6.18 Å². The Labute approximate surface area is 90.3 Å². The van der Waals surface area contributed by atoms with Gasteiger partial charge in [-0.3, -0.25) is 0 Å². The molecule has 0 bridgehead atoms. The van der Waals surface area contributed by atoms with Gasteiger partial charge in [-0.15, -0.1) is 0 Å². The highest BCUT2D eigenvalue weighted by atomic mass is 35.5. The van der Waals surface area contributed by atoms with E-state index in [4.69, 9.17) is 17.3 Å². The van der Waals surface area contributed by atoms with Crippen LogP contribution < -0.4 is 5.73 Å². The van der Waals surface area contributed by atoms with Gasteiger partial charge in [0, 0.05) is 6.54 Å². The summed E-state index contributed by atoms with van der Waals surface area (Å²) in [6.07, 6.45) is -1.41. The van der Waals surface area contributed by atoms with Crippen molar-refractivity contribution in [2.75, 3.05) is 6.54 Å². The molecule has 0 radical (unpaired) electrons. The largest absolute Gasteiger partial charge is 0.417 e. The zero-order valence-electron chi connectivity index (χ0n) is 7.68. The second-order valence-electron chi connectivity index (χ2n) is 2.84. The van der Waals surface area contributed by atoms with Crippen LogP contribution >= 0.6 is 11.6 Å². The Bertz CT molecular complexity index is 371. The second kappa shape index (κ2) is 4.68. The van der Waals surface area contributed by atoms with E-state index in [9.17, 15) is 13.2 Å². The van der Waals surface area contributed by atoms with Crippen LogP contribution in [0.15, 0.2) is 24.3 Å². The fraction of sp³-hybridized carbons (Fsp3) is 0.200. The van der Waals surface area contributed by atoms with E-state index in [-0.39, 0.29) is 11.6 Å². The molecule has 0 amide bonds. The van der Waals surface area contributed by atoms with Gasteiger partial charge < -0.3 is 5.73 Å². The van der Waals surface area contributed by atoms with Crippen molar-refractivity contribution < 1.29 is 13.2 Å². The molecule has 1 aromatic carbocycles. The summed E-state index contributed by atoms with van der Waals surface area (Å²) in [6.45, 7) is 0.257. The number of rotatable bonds is 2. The van der Waals surface area contributed by atoms with Crippen LogP contribution in [0.5, 0.6) is 0 Å². The van der Waals surface area contributed by atoms with E-state index in [1.165, 1.54) is 18.2 Å². The Balaban J connectivity index is 3.17. The van der Waals surface area contributed by atoms with Crippen LogP contribution in [0.25, 0.3) is 6.08 Å². The van der Waals surface area contributed by atoms with Gasteiger partial charge in [-0.25, -0.2) is 0 Å². The third-order valence-electron chi connectivity index (χ3n) is 1.77. The minimum Gasteiger partial charge on any atom is -0.327 e. The summed E-state index contributed by atoms with van der Waals surface area (Å²) in [7, 11) is 0. The van der Waals surface area contributed by atoms with Gasteiger partial charge in [0.05, 0.1) is 10.6 Å². The first kappa shape index (κ1) is 12.1. The lowest BCUT2D eigenvalue weighted by atomic mass is 10.1. The topological polar surface area (TPSA) is 26.0 Å². The number of hydrogen-bond acceptors (Lipinski definition) is 1. The minimum absolute atomic E-state index is 0.257. The number of alkyl halides is 3. The van der Waals surface area contributed by atoms with Gasteiger partial charge in [0.15, 0.2) is 0 Å². The summed E-state index contributed by atoms with van der Waals surface area (Å²) in [5.74, 6) is 0. The summed E-state index contributed by atoms with van der Waals surface area (Å²) in [5.41, 5.74) is 4.68. The molecular formula is C10H9ClF3N. The predicted octanol–water partition coefficient (Wildman–Crippen LogP) is 3.33. The van der Waals surface area contributed by atoms with Crippen molar-refractivity contribution in [3.63, 3.8) is 0 Å². The van der Waals surface area contributed by atoms with E-state index in [1.807, 2.05) is 0 Å². The molecule has 0 unspecified atom stereocenters. The quantitative estimate of drug-likeness (QED) is 0.836. The fourth-order valence-corrected chi connectivity index (χ4v) is 1.39. The van der Waals surface area contributed by atoms with Crippen LogP contribution in [0, 0.1) is 0 Å². The first-order chi connectivity index (χ1) is 6.96. The van der Waals surface area contributed by atoms with Crippen LogP contribution in [0.2, 0.25) is 5.02 Å². The number of nitrogens with two attached hydrogens (primary N) is 1. The van der Waals surface area contributed by atoms with Crippen molar-refractivity contribution in [1.29, 1.82) is 0 Å². The van der Waals surface area contributed by atoms with E-state index >= 15 is 0 Å². The van der Waals surface area contributed by atoms with Crippen molar-refractivity contribution in [2.45, 2.75) is 6.18 Å². The molecule has 0 spiro atoms. The van der Waals surface area contributed by atoms with Gasteiger partial charge in [-0.05, 0) is 11.6 Å². The van der Waals surface area contributed by atoms with Gasteiger partial charge in [0.2, 0.25) is 0 Å². The summed E-state index contributed by atoms with van der Waals surface area (Å²) in [6, 6.07) is 3.76. The lowest BCUT2D eigenvalue weighted by molar-refractivity contribution is -0.137. The van der Waals surface area contributed by atoms with E-state index in [0.29, 0.717) is 5.56 Å². The van der Waals surface area contributed by atoms with Gasteiger partial charge in [0.25, 0.3) is 0 Å². The maximum absolute atomic E-state index is 12.4. The highest BCUT2D eigenvalue weighted by Gasteiger charge is 2.33. The van der Waals surface area contributed by atoms with Crippen LogP contribution in [0.1, 0.15) is 11.1 Å². The van der Waals surface area contributed by atoms with Crippen LogP contribution in [0.3, 0.4) is 0 Å². The van der Waals surface area contributed by atoms with Crippen LogP contribution in [-0.4, -0.2) is 6.54 Å². The highest BCUT2D eigenvalue weighted by Crippen LogP contribution is 2.36. The van der Waals surface area contributed by atoms with Crippen molar-refractivity contribution >= 4 is 17.7 Å². The second-order valence-corrected chi connectivity index (χ2v) is 3.22. The van der Waals surface area contributed by atoms with Crippen molar-refractivity contribution in [2.24, 2.45) is 5.73 Å². The van der Waals surface area contributed by atoms with Gasteiger partial charge in [-0.1, -0.05) is 35.9 Å². The van der Waals surface area contributed by atoms with E-state index in [0.717, 1.165) is 6.07 Å². The number of hydrogen-bond donors (Lipinski definition) is 1. The summed E-state index contributed by atoms with van der Waals surface area (Å²) in [5, 5.41) is -0.297. The van der Waals surface area contributed by atoms with Crippen molar-refractivity contribution in [3.8, 4) is 0 Å². The average molecular weight is 236 g/mol. The molecule has 0 saturated carbocycles. The molecule has 2 N–H and O–H groups in total. The fourth-order valence-electron chi connectivity index (χ4n) is 1.09. The summed E-state index contributed by atoms with van der Waals surface area (Å²) < 4.78 is 37.3. The Morgan fingerprint density at radius 3 is 2.53 bits per heavy atom. The molecule has 0 heterocycles. The molecule has 0 aromatic heterocycles. The third-order valence-corrected chi connectivity index (χ3v) is 2.19. The Kier molecular flexibility index (Phi) is 3.77. The zero-order chi connectivity index (χ0) is 11.5. The third kappa shape index (κ3) is 2.97. The lowest BCUT2D eigenvalue weighted by Crippen LogP contribution is -2.06. The summed E-state index contributed by atoms with van der Waals surface area (Å²) >= 11 is 5.62. The number of benzene rings is 1. The van der Waals surface area contributed by atoms with E-state index in [2.05, 4.69) is 0 Å². The molecule has 1 aromatic rings. The SMILES string of the molecule is NCC=Cc1cccc(C(F)(F)F)c1Cl. The molecule has 0 fully saturated rings. The molecule has 0 aliphatic carbocycles. The van der Waals surface area contributed by atoms with E-state index < -0.39 is 11.7 Å². The lowest BCUT2D eigenvalue weighted by Gasteiger charge is -2.10. The molecule has 0 saturated heterocycles. The first-order valence-electron chi connectivity index (χ1n) is 4.19. The smallest absolute Gasteiger partial charge is 0.327 e. The molecule has 1 nitrogen and oxygen atoms in total. The normalized spacial score (nSPS) is 12.3. The Morgan fingerprint density at radius 1 is 1.33 bits per heavy atom. The average Bonchev–Trinajstić information content (AvgIpc) is 2.14. The molecule has 0 aliphatic heterocycles. The van der Waals surface area contributed by atoms with Crippen molar-refractivity contribution in [3.05, 3.63) is 40.4 Å². The molecule has 82 valence electrons. The van der Waals surface area contributed by atoms with Gasteiger partial charge in [0.1, 0.15) is 0 Å². The Hall–Kier alpha value is -1.00. The first-order valence-corrected chi connectivity index (χ1v) is 4.57. The molecule has 15 heavy (non-hydrogen) atoms. The standard InChI is InChI=1S/C10H9ClF3N/c11-9-7(4-2-6-15)3-1-5-8(9)10(12,13)14/h1-5H,6,15H2. The molecule has 5 heteroatoms. The highest BCUT2D eigenvalue weighted by molar-refractivity contribution is 6.32. The van der Waals surface area contributed by atoms with Crippen molar-refractivity contribution in [1.82, 2.24) is 0 Å². The molecule has 0 atom stereocenters. The molecule has 0 aliphatic rings. The number of halogens is 4. The Morgan fingerprint density at radius 2 is 2.00 bits per heavy atom. The molecule has 1 rings (SSSR count). The van der Waals surface area contributed by atoms with E-state index in [1.54, 1.807) is 6.08 Å². The van der Waals surface area contributed by atoms with Crippen LogP contribution in [-0.2, 0) is 6.18 Å². The van der Waals surface area contributed by atoms with Gasteiger partial charge in [-0.2, -0.15) is 13.2 Å². The summed E-state index contributed by atoms with van der Waals surface area (Å²) in [4.78, 5) is 0. The van der Waals surface area contributed by atoms with Crippen LogP contribution in [0.4, 0.5) is 13.2 Å². The molecular weight excluding hydrogens is 227 g/mol. The maximum atomic E-state index is 12.4. The maximum Gasteiger partial charge on any atom is 0.417 e. The minimum atomic E-state index is -4.43. The monoisotopic (exact) mass is 235 g/mol. The predicted molar refractivity (Wildman–Crippen MR) is 54.5 cm³/mol.